The number of aryl methyl sites for hydroxylation is 1. The van der Waals surface area contributed by atoms with Crippen molar-refractivity contribution < 1.29 is 22.3 Å². The minimum Gasteiger partial charge on any atom is -0.491 e. The first-order valence-corrected chi connectivity index (χ1v) is 10.4. The Kier molecular flexibility index (Phi) is 7.58. The number of rotatable bonds is 9. The fourth-order valence-corrected chi connectivity index (χ4v) is 3.60. The molecule has 29 heavy (non-hydrogen) atoms. The predicted molar refractivity (Wildman–Crippen MR) is 111 cm³/mol. The molecule has 2 aromatic rings. The van der Waals surface area contributed by atoms with Crippen molar-refractivity contribution in [3.63, 3.8) is 0 Å². The molecule has 2 aromatic carbocycles. The average molecular weight is 424 g/mol. The van der Waals surface area contributed by atoms with Crippen LogP contribution in [0.1, 0.15) is 12.5 Å². The van der Waals surface area contributed by atoms with Crippen molar-refractivity contribution in [1.29, 1.82) is 0 Å². The molecular weight excluding hydrogens is 397 g/mol. The van der Waals surface area contributed by atoms with Crippen molar-refractivity contribution in [2.24, 2.45) is 0 Å². The molecular formula is C20H26FN3O4S. The monoisotopic (exact) mass is 423 g/mol. The van der Waals surface area contributed by atoms with E-state index in [4.69, 9.17) is 4.74 Å². The van der Waals surface area contributed by atoms with Crippen LogP contribution in [-0.4, -0.2) is 51.9 Å². The van der Waals surface area contributed by atoms with Gasteiger partial charge < -0.3 is 10.1 Å². The molecule has 0 heterocycles. The summed E-state index contributed by atoms with van der Waals surface area (Å²) < 4.78 is 46.1. The Morgan fingerprint density at radius 3 is 2.34 bits per heavy atom. The van der Waals surface area contributed by atoms with Crippen LogP contribution < -0.4 is 14.4 Å². The molecule has 1 amide bonds. The zero-order chi connectivity index (χ0) is 21.6. The van der Waals surface area contributed by atoms with Crippen LogP contribution in [-0.2, 0) is 15.0 Å². The highest BCUT2D eigenvalue weighted by Gasteiger charge is 2.27. The van der Waals surface area contributed by atoms with Crippen LogP contribution in [0, 0.1) is 12.7 Å². The lowest BCUT2D eigenvalue weighted by molar-refractivity contribution is -0.120. The highest BCUT2D eigenvalue weighted by atomic mass is 32.2. The molecule has 1 N–H and O–H groups in total. The number of hydrogen-bond donors (Lipinski definition) is 1. The van der Waals surface area contributed by atoms with E-state index in [0.29, 0.717) is 0 Å². The van der Waals surface area contributed by atoms with E-state index >= 15 is 0 Å². The van der Waals surface area contributed by atoms with Crippen molar-refractivity contribution in [2.75, 3.05) is 31.6 Å². The third kappa shape index (κ3) is 6.16. The lowest BCUT2D eigenvalue weighted by Gasteiger charge is -2.27. The normalized spacial score (nSPS) is 12.5. The minimum absolute atomic E-state index is 0.194. The second-order valence-electron chi connectivity index (χ2n) is 6.82. The summed E-state index contributed by atoms with van der Waals surface area (Å²) in [6.45, 7) is 3.47. The minimum atomic E-state index is -3.94. The number of anilines is 1. The van der Waals surface area contributed by atoms with Gasteiger partial charge in [-0.05, 0) is 49.7 Å². The van der Waals surface area contributed by atoms with E-state index in [1.165, 1.54) is 26.2 Å². The lowest BCUT2D eigenvalue weighted by atomic mass is 10.2. The smallest absolute Gasteiger partial charge is 0.304 e. The SMILES string of the molecule is Cc1ccccc1OCC(C)NC(=O)CN(c1ccc(F)cc1)S(=O)(=O)N(C)C. The van der Waals surface area contributed by atoms with Gasteiger partial charge in [-0.1, -0.05) is 18.2 Å². The Labute approximate surface area is 171 Å². The van der Waals surface area contributed by atoms with Gasteiger partial charge in [-0.3, -0.25) is 4.79 Å². The Morgan fingerprint density at radius 1 is 1.14 bits per heavy atom. The van der Waals surface area contributed by atoms with Crippen LogP contribution in [0.15, 0.2) is 48.5 Å². The maximum Gasteiger partial charge on any atom is 0.304 e. The van der Waals surface area contributed by atoms with E-state index in [0.717, 1.165) is 32.1 Å². The lowest BCUT2D eigenvalue weighted by Crippen LogP contribution is -2.48. The van der Waals surface area contributed by atoms with E-state index in [2.05, 4.69) is 5.32 Å². The van der Waals surface area contributed by atoms with Crippen molar-refractivity contribution in [3.05, 3.63) is 59.9 Å². The molecule has 2 rings (SSSR count). The van der Waals surface area contributed by atoms with E-state index in [1.807, 2.05) is 31.2 Å². The van der Waals surface area contributed by atoms with Crippen LogP contribution in [0.4, 0.5) is 10.1 Å². The summed E-state index contributed by atoms with van der Waals surface area (Å²) in [5.41, 5.74) is 1.17. The molecule has 0 aliphatic rings. The third-order valence-electron chi connectivity index (χ3n) is 4.13. The van der Waals surface area contributed by atoms with Crippen LogP contribution >= 0.6 is 0 Å². The van der Waals surface area contributed by atoms with Gasteiger partial charge in [-0.15, -0.1) is 0 Å². The van der Waals surface area contributed by atoms with Crippen molar-refractivity contribution in [1.82, 2.24) is 9.62 Å². The average Bonchev–Trinajstić information content (AvgIpc) is 2.66. The summed E-state index contributed by atoms with van der Waals surface area (Å²) in [6, 6.07) is 12.1. The van der Waals surface area contributed by atoms with Gasteiger partial charge >= 0.3 is 10.2 Å². The summed E-state index contributed by atoms with van der Waals surface area (Å²) in [5, 5.41) is 2.73. The van der Waals surface area contributed by atoms with Crippen LogP contribution in [0.3, 0.4) is 0 Å². The van der Waals surface area contributed by atoms with Gasteiger partial charge in [0.1, 0.15) is 24.7 Å². The highest BCUT2D eigenvalue weighted by molar-refractivity contribution is 7.90. The summed E-state index contributed by atoms with van der Waals surface area (Å²) >= 11 is 0. The number of carbonyl (C=O) groups is 1. The molecule has 1 atom stereocenters. The molecule has 0 bridgehead atoms. The standard InChI is InChI=1S/C20H26FN3O4S/c1-15-7-5-6-8-19(15)28-14-16(2)22-20(25)13-24(29(26,27)23(3)4)18-11-9-17(21)10-12-18/h5-12,16H,13-14H2,1-4H3,(H,22,25). The summed E-state index contributed by atoms with van der Waals surface area (Å²) in [5.74, 6) is -0.278. The Morgan fingerprint density at radius 2 is 1.76 bits per heavy atom. The van der Waals surface area contributed by atoms with Crippen molar-refractivity contribution in [3.8, 4) is 5.75 Å². The maximum atomic E-state index is 13.2. The second kappa shape index (κ2) is 9.71. The molecule has 0 fully saturated rings. The van der Waals surface area contributed by atoms with E-state index in [9.17, 15) is 17.6 Å². The summed E-state index contributed by atoms with van der Waals surface area (Å²) in [6.07, 6.45) is 0. The number of carbonyl (C=O) groups excluding carboxylic acids is 1. The van der Waals surface area contributed by atoms with Crippen molar-refractivity contribution >= 4 is 21.8 Å². The number of nitrogens with one attached hydrogen (secondary N) is 1. The summed E-state index contributed by atoms with van der Waals surface area (Å²) in [4.78, 5) is 12.5. The fourth-order valence-electron chi connectivity index (χ4n) is 2.54. The topological polar surface area (TPSA) is 79.0 Å². The van der Waals surface area contributed by atoms with Gasteiger partial charge in [0.15, 0.2) is 0 Å². The molecule has 0 radical (unpaired) electrons. The maximum absolute atomic E-state index is 13.2. The van der Waals surface area contributed by atoms with E-state index < -0.39 is 28.5 Å². The van der Waals surface area contributed by atoms with Crippen LogP contribution in [0.2, 0.25) is 0 Å². The number of amides is 1. The number of hydrogen-bond acceptors (Lipinski definition) is 4. The molecule has 0 aromatic heterocycles. The van der Waals surface area contributed by atoms with Crippen LogP contribution in [0.25, 0.3) is 0 Å². The summed E-state index contributed by atoms with van der Waals surface area (Å²) in [7, 11) is -1.22. The second-order valence-corrected chi connectivity index (χ2v) is 8.89. The third-order valence-corrected chi connectivity index (χ3v) is 5.95. The Bertz CT molecular complexity index is 933. The molecule has 0 spiro atoms. The molecule has 0 aliphatic heterocycles. The quantitative estimate of drug-likeness (QED) is 0.672. The molecule has 158 valence electrons. The van der Waals surface area contributed by atoms with Gasteiger partial charge in [0.2, 0.25) is 5.91 Å². The first-order valence-electron chi connectivity index (χ1n) is 9.05. The van der Waals surface area contributed by atoms with E-state index in [-0.39, 0.29) is 18.3 Å². The van der Waals surface area contributed by atoms with Gasteiger partial charge in [0.05, 0.1) is 11.7 Å². The molecule has 7 nitrogen and oxygen atoms in total. The van der Waals surface area contributed by atoms with E-state index in [1.54, 1.807) is 6.92 Å². The molecule has 0 aliphatic carbocycles. The fraction of sp³-hybridized carbons (Fsp3) is 0.350. The number of benzene rings is 2. The largest absolute Gasteiger partial charge is 0.491 e. The molecule has 9 heteroatoms. The zero-order valence-electron chi connectivity index (χ0n) is 16.9. The zero-order valence-corrected chi connectivity index (χ0v) is 17.7. The molecule has 1 unspecified atom stereocenters. The Hall–Kier alpha value is -2.65. The number of ether oxygens (including phenoxy) is 1. The first kappa shape index (κ1) is 22.6. The van der Waals surface area contributed by atoms with Gasteiger partial charge in [0.25, 0.3) is 0 Å². The van der Waals surface area contributed by atoms with Crippen LogP contribution in [0.5, 0.6) is 5.75 Å². The van der Waals surface area contributed by atoms with Gasteiger partial charge in [0, 0.05) is 14.1 Å². The number of nitrogens with zero attached hydrogens (tertiary/aromatic N) is 2. The number of para-hydroxylation sites is 1. The highest BCUT2D eigenvalue weighted by Crippen LogP contribution is 2.20. The molecule has 0 saturated carbocycles. The van der Waals surface area contributed by atoms with Gasteiger partial charge in [-0.2, -0.15) is 12.7 Å². The number of halogens is 1. The van der Waals surface area contributed by atoms with Gasteiger partial charge in [-0.25, -0.2) is 8.70 Å². The van der Waals surface area contributed by atoms with Crippen molar-refractivity contribution in [2.45, 2.75) is 19.9 Å². The predicted octanol–water partition coefficient (Wildman–Crippen LogP) is 2.33. The molecule has 0 saturated heterocycles. The first-order chi connectivity index (χ1) is 13.6. The Balaban J connectivity index is 2.05.